The van der Waals surface area contributed by atoms with Crippen LogP contribution in [0.5, 0.6) is 0 Å². The Kier molecular flexibility index (Phi) is 8.81. The number of hydrogen-bond donors (Lipinski definition) is 1. The maximum absolute atomic E-state index is 13.4. The highest BCUT2D eigenvalue weighted by Crippen LogP contribution is 2.18. The van der Waals surface area contributed by atoms with Gasteiger partial charge in [-0.25, -0.2) is 0 Å². The van der Waals surface area contributed by atoms with Gasteiger partial charge in [0.05, 0.1) is 12.2 Å². The van der Waals surface area contributed by atoms with Gasteiger partial charge in [-0.05, 0) is 41.8 Å². The first kappa shape index (κ1) is 23.5. The molecule has 0 spiro atoms. The first-order chi connectivity index (χ1) is 15.6. The molecule has 0 radical (unpaired) electrons. The topological polar surface area (TPSA) is 62.3 Å². The molecular formula is C26H28ClN3O2. The number of benzene rings is 2. The van der Waals surface area contributed by atoms with Gasteiger partial charge in [0.15, 0.2) is 0 Å². The van der Waals surface area contributed by atoms with Crippen LogP contribution >= 0.6 is 11.6 Å². The van der Waals surface area contributed by atoms with Crippen LogP contribution in [0.4, 0.5) is 0 Å². The van der Waals surface area contributed by atoms with Gasteiger partial charge in [0.2, 0.25) is 11.8 Å². The first-order valence-electron chi connectivity index (χ1n) is 10.8. The molecule has 1 N–H and O–H groups in total. The molecule has 1 unspecified atom stereocenters. The maximum atomic E-state index is 13.4. The predicted molar refractivity (Wildman–Crippen MR) is 127 cm³/mol. The summed E-state index contributed by atoms with van der Waals surface area (Å²) in [5.41, 5.74) is 2.69. The SMILES string of the molecule is CCCC(=O)N(Cc1ccc(Cl)cc1)C(Cc1ccccc1)C(=O)NCc1ccccn1. The fourth-order valence-corrected chi connectivity index (χ4v) is 3.62. The van der Waals surface area contributed by atoms with E-state index in [1.165, 1.54) is 0 Å². The van der Waals surface area contributed by atoms with Gasteiger partial charge in [-0.1, -0.05) is 67.1 Å². The molecular weight excluding hydrogens is 422 g/mol. The Morgan fingerprint density at radius 1 is 0.969 bits per heavy atom. The molecule has 1 aromatic heterocycles. The summed E-state index contributed by atoms with van der Waals surface area (Å²) in [7, 11) is 0. The third-order valence-electron chi connectivity index (χ3n) is 5.17. The Bertz CT molecular complexity index is 995. The van der Waals surface area contributed by atoms with Crippen LogP contribution in [0.3, 0.4) is 0 Å². The smallest absolute Gasteiger partial charge is 0.243 e. The highest BCUT2D eigenvalue weighted by Gasteiger charge is 2.29. The first-order valence-corrected chi connectivity index (χ1v) is 11.2. The molecule has 6 heteroatoms. The van der Waals surface area contributed by atoms with Crippen LogP contribution in [0.25, 0.3) is 0 Å². The average molecular weight is 450 g/mol. The number of hydrogen-bond acceptors (Lipinski definition) is 3. The molecule has 166 valence electrons. The van der Waals surface area contributed by atoms with Crippen molar-refractivity contribution in [1.29, 1.82) is 0 Å². The molecule has 0 saturated carbocycles. The second kappa shape index (κ2) is 12.0. The van der Waals surface area contributed by atoms with Crippen molar-refractivity contribution in [3.8, 4) is 0 Å². The molecule has 2 amide bonds. The quantitative estimate of drug-likeness (QED) is 0.484. The highest BCUT2D eigenvalue weighted by atomic mass is 35.5. The molecule has 2 aromatic carbocycles. The molecule has 32 heavy (non-hydrogen) atoms. The summed E-state index contributed by atoms with van der Waals surface area (Å²) < 4.78 is 0. The molecule has 1 atom stereocenters. The van der Waals surface area contributed by atoms with E-state index in [1.54, 1.807) is 23.2 Å². The van der Waals surface area contributed by atoms with Crippen LogP contribution in [0, 0.1) is 0 Å². The van der Waals surface area contributed by atoms with Gasteiger partial charge in [0.25, 0.3) is 0 Å². The van der Waals surface area contributed by atoms with Gasteiger partial charge >= 0.3 is 0 Å². The highest BCUT2D eigenvalue weighted by molar-refractivity contribution is 6.30. The molecule has 0 fully saturated rings. The van der Waals surface area contributed by atoms with Crippen LogP contribution in [0.15, 0.2) is 79.0 Å². The number of rotatable bonds is 10. The van der Waals surface area contributed by atoms with E-state index in [-0.39, 0.29) is 11.8 Å². The number of amides is 2. The van der Waals surface area contributed by atoms with Gasteiger partial charge < -0.3 is 10.2 Å². The molecule has 5 nitrogen and oxygen atoms in total. The molecule has 0 bridgehead atoms. The number of halogens is 1. The van der Waals surface area contributed by atoms with Gasteiger partial charge in [-0.2, -0.15) is 0 Å². The summed E-state index contributed by atoms with van der Waals surface area (Å²) in [5.74, 6) is -0.241. The average Bonchev–Trinajstić information content (AvgIpc) is 2.82. The second-order valence-electron chi connectivity index (χ2n) is 7.64. The van der Waals surface area contributed by atoms with Gasteiger partial charge in [-0.15, -0.1) is 0 Å². The summed E-state index contributed by atoms with van der Waals surface area (Å²) in [6.07, 6.45) is 3.22. The lowest BCUT2D eigenvalue weighted by Gasteiger charge is -2.31. The summed E-state index contributed by atoms with van der Waals surface area (Å²) in [4.78, 5) is 32.5. The van der Waals surface area contributed by atoms with Crippen molar-refractivity contribution in [2.24, 2.45) is 0 Å². The van der Waals surface area contributed by atoms with Crippen LogP contribution < -0.4 is 5.32 Å². The van der Waals surface area contributed by atoms with E-state index in [2.05, 4.69) is 10.3 Å². The van der Waals surface area contributed by atoms with Gasteiger partial charge in [0.1, 0.15) is 6.04 Å². The Morgan fingerprint density at radius 3 is 2.34 bits per heavy atom. The Hall–Kier alpha value is -3.18. The van der Waals surface area contributed by atoms with E-state index < -0.39 is 6.04 Å². The number of nitrogens with zero attached hydrogens (tertiary/aromatic N) is 2. The minimum atomic E-state index is -0.643. The third kappa shape index (κ3) is 6.92. The minimum absolute atomic E-state index is 0.0450. The normalized spacial score (nSPS) is 11.6. The third-order valence-corrected chi connectivity index (χ3v) is 5.42. The predicted octanol–water partition coefficient (Wildman–Crippen LogP) is 4.79. The second-order valence-corrected chi connectivity index (χ2v) is 8.08. The van der Waals surface area contributed by atoms with Gasteiger partial charge in [0, 0.05) is 30.6 Å². The van der Waals surface area contributed by atoms with Crippen LogP contribution in [0.2, 0.25) is 5.02 Å². The van der Waals surface area contributed by atoms with Crippen molar-refractivity contribution in [2.75, 3.05) is 0 Å². The van der Waals surface area contributed by atoms with Crippen molar-refractivity contribution >= 4 is 23.4 Å². The van der Waals surface area contributed by atoms with E-state index in [1.807, 2.05) is 67.6 Å². The molecule has 0 aliphatic heterocycles. The van der Waals surface area contributed by atoms with E-state index in [0.29, 0.717) is 37.4 Å². The summed E-state index contributed by atoms with van der Waals surface area (Å²) in [6.45, 7) is 2.61. The molecule has 0 aliphatic rings. The fourth-order valence-electron chi connectivity index (χ4n) is 3.50. The lowest BCUT2D eigenvalue weighted by Crippen LogP contribution is -2.50. The van der Waals surface area contributed by atoms with Crippen LogP contribution in [-0.4, -0.2) is 27.7 Å². The van der Waals surface area contributed by atoms with E-state index >= 15 is 0 Å². The molecule has 3 rings (SSSR count). The van der Waals surface area contributed by atoms with Crippen LogP contribution in [-0.2, 0) is 29.1 Å². The zero-order valence-corrected chi connectivity index (χ0v) is 19.0. The molecule has 3 aromatic rings. The van der Waals surface area contributed by atoms with Crippen molar-refractivity contribution in [2.45, 2.75) is 45.3 Å². The van der Waals surface area contributed by atoms with Crippen LogP contribution in [0.1, 0.15) is 36.6 Å². The Labute approximate surface area is 194 Å². The minimum Gasteiger partial charge on any atom is -0.349 e. The Morgan fingerprint density at radius 2 is 1.69 bits per heavy atom. The lowest BCUT2D eigenvalue weighted by molar-refractivity contribution is -0.141. The van der Waals surface area contributed by atoms with Crippen molar-refractivity contribution in [1.82, 2.24) is 15.2 Å². The zero-order valence-electron chi connectivity index (χ0n) is 18.2. The molecule has 1 heterocycles. The monoisotopic (exact) mass is 449 g/mol. The maximum Gasteiger partial charge on any atom is 0.243 e. The number of carbonyl (C=O) groups is 2. The summed E-state index contributed by atoms with van der Waals surface area (Å²) in [5, 5.41) is 3.61. The fraction of sp³-hybridized carbons (Fsp3) is 0.269. The Balaban J connectivity index is 1.87. The summed E-state index contributed by atoms with van der Waals surface area (Å²) >= 11 is 6.03. The molecule has 0 aliphatic carbocycles. The zero-order chi connectivity index (χ0) is 22.8. The number of pyridine rings is 1. The van der Waals surface area contributed by atoms with Crippen molar-refractivity contribution in [3.05, 3.63) is 101 Å². The lowest BCUT2D eigenvalue weighted by atomic mass is 10.0. The van der Waals surface area contributed by atoms with E-state index in [0.717, 1.165) is 16.8 Å². The van der Waals surface area contributed by atoms with Crippen molar-refractivity contribution in [3.63, 3.8) is 0 Å². The number of carbonyl (C=O) groups excluding carboxylic acids is 2. The molecule has 0 saturated heterocycles. The van der Waals surface area contributed by atoms with E-state index in [4.69, 9.17) is 11.6 Å². The van der Waals surface area contributed by atoms with Gasteiger partial charge in [-0.3, -0.25) is 14.6 Å². The summed E-state index contributed by atoms with van der Waals surface area (Å²) in [6, 6.07) is 22.1. The van der Waals surface area contributed by atoms with Crippen molar-refractivity contribution < 1.29 is 9.59 Å². The number of aromatic nitrogens is 1. The standard InChI is InChI=1S/C26H28ClN3O2/c1-2-8-25(31)30(19-21-12-14-22(27)15-13-21)24(17-20-9-4-3-5-10-20)26(32)29-18-23-11-6-7-16-28-23/h3-7,9-16,24H,2,8,17-19H2,1H3,(H,29,32). The number of nitrogens with one attached hydrogen (secondary N) is 1. The largest absolute Gasteiger partial charge is 0.349 e. The van der Waals surface area contributed by atoms with E-state index in [9.17, 15) is 9.59 Å².